The number of hydrogen-bond acceptors (Lipinski definition) is 0. The van der Waals surface area contributed by atoms with Crippen molar-refractivity contribution in [3.63, 3.8) is 0 Å². The molecule has 0 radical (unpaired) electrons. The summed E-state index contributed by atoms with van der Waals surface area (Å²) in [4.78, 5) is 0. The Morgan fingerprint density at radius 3 is 1.65 bits per heavy atom. The molecule has 0 aliphatic carbocycles. The SMILES string of the molecule is c1cc(-c2ccc3c4ccccc4c4ccccc4c3c2)cc(-n2c3ccccc3c3c4cc5c6cccc7c8ccccc8n(c5cc4ccc32)c76)c1. The first kappa shape index (κ1) is 28.4. The molecule has 2 nitrogen and oxygen atoms in total. The zero-order chi connectivity index (χ0) is 35.1. The van der Waals surface area contributed by atoms with Crippen LogP contribution in [0.25, 0.3) is 120 Å². The number of benzene rings is 10. The van der Waals surface area contributed by atoms with E-state index in [1.807, 2.05) is 0 Å². The lowest BCUT2D eigenvalue weighted by Crippen LogP contribution is -1.94. The van der Waals surface area contributed by atoms with E-state index in [1.165, 1.54) is 114 Å². The molecule has 0 saturated carbocycles. The molecule has 0 amide bonds. The maximum Gasteiger partial charge on any atom is 0.0620 e. The first-order valence-electron chi connectivity index (χ1n) is 18.8. The lowest BCUT2D eigenvalue weighted by atomic mass is 9.92. The molecule has 0 unspecified atom stereocenters. The van der Waals surface area contributed by atoms with Gasteiger partial charge in [0.1, 0.15) is 0 Å². The third-order valence-corrected chi connectivity index (χ3v) is 12.2. The molecule has 0 N–H and O–H groups in total. The molecule has 3 heterocycles. The molecular formula is C52H30N2. The van der Waals surface area contributed by atoms with Gasteiger partial charge < -0.3 is 8.97 Å². The van der Waals surface area contributed by atoms with Crippen LogP contribution in [0.2, 0.25) is 0 Å². The smallest absolute Gasteiger partial charge is 0.0620 e. The number of hydrogen-bond donors (Lipinski definition) is 0. The van der Waals surface area contributed by atoms with Crippen molar-refractivity contribution in [2.75, 3.05) is 0 Å². The van der Waals surface area contributed by atoms with Gasteiger partial charge >= 0.3 is 0 Å². The van der Waals surface area contributed by atoms with E-state index in [0.717, 1.165) is 5.69 Å². The van der Waals surface area contributed by atoms with Crippen LogP contribution in [0.4, 0.5) is 0 Å². The minimum atomic E-state index is 1.16. The average Bonchev–Trinajstić information content (AvgIpc) is 3.88. The van der Waals surface area contributed by atoms with Crippen molar-refractivity contribution in [3.8, 4) is 16.8 Å². The highest BCUT2D eigenvalue weighted by Crippen LogP contribution is 2.44. The average molecular weight is 683 g/mol. The van der Waals surface area contributed by atoms with Gasteiger partial charge in [-0.05, 0) is 103 Å². The molecule has 0 atom stereocenters. The standard InChI is InChI=1S/C52H30N2/c1-2-15-37-35(13-1)36-14-3-4-16-38(36)45-28-32(23-25-39(37)45)31-11-9-12-34(27-31)53-48-22-8-6-18-43(48)51-44-30-46-42-20-10-19-41-40-17-5-7-21-47(40)54(52(41)42)50(46)29-33(44)24-26-49(51)53/h1-30H. The molecule has 0 aliphatic heterocycles. The van der Waals surface area contributed by atoms with Gasteiger partial charge in [-0.2, -0.15) is 0 Å². The molecule has 0 spiro atoms. The van der Waals surface area contributed by atoms with E-state index in [0.29, 0.717) is 0 Å². The second-order valence-corrected chi connectivity index (χ2v) is 14.9. The van der Waals surface area contributed by atoms with Gasteiger partial charge in [0.05, 0.1) is 27.6 Å². The van der Waals surface area contributed by atoms with Gasteiger partial charge in [-0.15, -0.1) is 0 Å². The summed E-state index contributed by atoms with van der Waals surface area (Å²) in [7, 11) is 0. The van der Waals surface area contributed by atoms with Crippen LogP contribution < -0.4 is 0 Å². The molecule has 54 heavy (non-hydrogen) atoms. The largest absolute Gasteiger partial charge is 0.309 e. The van der Waals surface area contributed by atoms with Crippen molar-refractivity contribution in [2.45, 2.75) is 0 Å². The molecule has 13 rings (SSSR count). The van der Waals surface area contributed by atoms with Gasteiger partial charge in [0.25, 0.3) is 0 Å². The maximum atomic E-state index is 2.48. The molecule has 0 bridgehead atoms. The van der Waals surface area contributed by atoms with Gasteiger partial charge in [0, 0.05) is 38.0 Å². The van der Waals surface area contributed by atoms with E-state index in [-0.39, 0.29) is 0 Å². The topological polar surface area (TPSA) is 9.34 Å². The van der Waals surface area contributed by atoms with Crippen molar-refractivity contribution in [2.24, 2.45) is 0 Å². The summed E-state index contributed by atoms with van der Waals surface area (Å²) in [5.41, 5.74) is 9.87. The van der Waals surface area contributed by atoms with Crippen molar-refractivity contribution in [1.82, 2.24) is 8.97 Å². The third kappa shape index (κ3) is 3.59. The Balaban J connectivity index is 1.05. The monoisotopic (exact) mass is 682 g/mol. The Morgan fingerprint density at radius 2 is 0.870 bits per heavy atom. The summed E-state index contributed by atoms with van der Waals surface area (Å²) < 4.78 is 4.94. The van der Waals surface area contributed by atoms with Crippen LogP contribution in [0.3, 0.4) is 0 Å². The molecular weight excluding hydrogens is 653 g/mol. The lowest BCUT2D eigenvalue weighted by molar-refractivity contribution is 1.18. The highest BCUT2D eigenvalue weighted by atomic mass is 15.0. The molecule has 13 aromatic rings. The van der Waals surface area contributed by atoms with Gasteiger partial charge in [-0.25, -0.2) is 0 Å². The number of para-hydroxylation sites is 3. The summed E-state index contributed by atoms with van der Waals surface area (Å²) >= 11 is 0. The molecule has 0 fully saturated rings. The fourth-order valence-electron chi connectivity index (χ4n) is 9.90. The zero-order valence-electron chi connectivity index (χ0n) is 29.2. The van der Waals surface area contributed by atoms with E-state index in [1.54, 1.807) is 0 Å². The zero-order valence-corrected chi connectivity index (χ0v) is 29.2. The molecule has 10 aromatic carbocycles. The molecule has 0 saturated heterocycles. The van der Waals surface area contributed by atoms with Gasteiger partial charge in [-0.3, -0.25) is 0 Å². The van der Waals surface area contributed by atoms with Gasteiger partial charge in [0.15, 0.2) is 0 Å². The summed E-state index contributed by atoms with van der Waals surface area (Å²) in [5.74, 6) is 0. The number of aromatic nitrogens is 2. The fourth-order valence-corrected chi connectivity index (χ4v) is 9.90. The van der Waals surface area contributed by atoms with E-state index in [2.05, 4.69) is 191 Å². The van der Waals surface area contributed by atoms with Crippen LogP contribution in [-0.4, -0.2) is 8.97 Å². The van der Waals surface area contributed by atoms with Crippen LogP contribution >= 0.6 is 0 Å². The third-order valence-electron chi connectivity index (χ3n) is 12.2. The first-order chi connectivity index (χ1) is 26.8. The fraction of sp³-hybridized carbons (Fsp3) is 0. The Hall–Kier alpha value is -7.16. The molecule has 248 valence electrons. The summed E-state index contributed by atoms with van der Waals surface area (Å²) in [6, 6.07) is 67.7. The van der Waals surface area contributed by atoms with Crippen molar-refractivity contribution < 1.29 is 0 Å². The van der Waals surface area contributed by atoms with Crippen LogP contribution in [0.1, 0.15) is 0 Å². The van der Waals surface area contributed by atoms with Crippen molar-refractivity contribution >= 4 is 103 Å². The second kappa shape index (κ2) is 10.2. The second-order valence-electron chi connectivity index (χ2n) is 14.9. The first-order valence-corrected chi connectivity index (χ1v) is 18.8. The molecule has 2 heteroatoms. The number of fused-ring (bicyclic) bond motifs is 17. The van der Waals surface area contributed by atoms with E-state index in [4.69, 9.17) is 0 Å². The maximum absolute atomic E-state index is 2.48. The minimum Gasteiger partial charge on any atom is -0.309 e. The van der Waals surface area contributed by atoms with Gasteiger partial charge in [0.2, 0.25) is 0 Å². The lowest BCUT2D eigenvalue weighted by Gasteiger charge is -2.13. The van der Waals surface area contributed by atoms with Gasteiger partial charge in [-0.1, -0.05) is 133 Å². The van der Waals surface area contributed by atoms with Crippen LogP contribution in [0.5, 0.6) is 0 Å². The van der Waals surface area contributed by atoms with E-state index in [9.17, 15) is 0 Å². The van der Waals surface area contributed by atoms with E-state index >= 15 is 0 Å². The Morgan fingerprint density at radius 1 is 0.278 bits per heavy atom. The molecule has 0 aliphatic rings. The quantitative estimate of drug-likeness (QED) is 0.161. The minimum absolute atomic E-state index is 1.16. The predicted octanol–water partition coefficient (Wildman–Crippen LogP) is 14.2. The highest BCUT2D eigenvalue weighted by Gasteiger charge is 2.20. The number of nitrogens with zero attached hydrogens (tertiary/aromatic N) is 2. The van der Waals surface area contributed by atoms with E-state index < -0.39 is 0 Å². The predicted molar refractivity (Wildman–Crippen MR) is 231 cm³/mol. The van der Waals surface area contributed by atoms with Crippen LogP contribution in [0.15, 0.2) is 182 Å². The van der Waals surface area contributed by atoms with Crippen LogP contribution in [-0.2, 0) is 0 Å². The van der Waals surface area contributed by atoms with Crippen molar-refractivity contribution in [3.05, 3.63) is 182 Å². The summed E-state index contributed by atoms with van der Waals surface area (Å²) in [6.07, 6.45) is 0. The number of rotatable bonds is 2. The Labute approximate surface area is 309 Å². The van der Waals surface area contributed by atoms with Crippen molar-refractivity contribution in [1.29, 1.82) is 0 Å². The Kier molecular flexibility index (Phi) is 5.39. The van der Waals surface area contributed by atoms with Crippen LogP contribution in [0, 0.1) is 0 Å². The summed E-state index contributed by atoms with van der Waals surface area (Å²) in [6.45, 7) is 0. The molecule has 3 aromatic heterocycles. The Bertz CT molecular complexity index is 3690. The normalized spacial score (nSPS) is 12.4. The summed E-state index contributed by atoms with van der Waals surface area (Å²) in [5, 5.41) is 18.1. The highest BCUT2D eigenvalue weighted by molar-refractivity contribution is 6.29.